The van der Waals surface area contributed by atoms with Gasteiger partial charge in [0.15, 0.2) is 0 Å². The summed E-state index contributed by atoms with van der Waals surface area (Å²) in [5, 5.41) is 0. The molecule has 1 aromatic carbocycles. The molecule has 1 aliphatic heterocycles. The molecule has 1 aliphatic rings. The molecule has 110 valence electrons. The van der Waals surface area contributed by atoms with E-state index in [-0.39, 0.29) is 0 Å². The van der Waals surface area contributed by atoms with E-state index in [0.717, 1.165) is 37.6 Å². The number of hydrogen-bond donors (Lipinski definition) is 1. The van der Waals surface area contributed by atoms with Crippen LogP contribution < -0.4 is 5.73 Å². The molecule has 0 bridgehead atoms. The summed E-state index contributed by atoms with van der Waals surface area (Å²) in [6.45, 7) is 5.87. The summed E-state index contributed by atoms with van der Waals surface area (Å²) in [7, 11) is 0. The maximum absolute atomic E-state index is 5.70. The van der Waals surface area contributed by atoms with Crippen molar-refractivity contribution in [2.45, 2.75) is 13.0 Å². The van der Waals surface area contributed by atoms with Gasteiger partial charge in [0.2, 0.25) is 0 Å². The first-order valence-electron chi connectivity index (χ1n) is 7.24. The molecule has 3 rings (SSSR count). The van der Waals surface area contributed by atoms with Crippen molar-refractivity contribution in [1.82, 2.24) is 14.9 Å². The Morgan fingerprint density at radius 2 is 1.86 bits per heavy atom. The highest BCUT2D eigenvalue weighted by atomic mass is 16.5. The number of nitrogens with zero attached hydrogens (tertiary/aromatic N) is 3. The molecule has 1 aromatic heterocycles. The molecule has 1 fully saturated rings. The summed E-state index contributed by atoms with van der Waals surface area (Å²) < 4.78 is 5.41. The first-order valence-corrected chi connectivity index (χ1v) is 7.24. The van der Waals surface area contributed by atoms with Crippen LogP contribution in [0, 0.1) is 0 Å². The van der Waals surface area contributed by atoms with Gasteiger partial charge in [-0.05, 0) is 12.5 Å². The molecule has 5 heteroatoms. The molecule has 1 unspecified atom stereocenters. The van der Waals surface area contributed by atoms with Crippen LogP contribution in [-0.2, 0) is 4.74 Å². The van der Waals surface area contributed by atoms with Crippen LogP contribution in [0.15, 0.2) is 36.7 Å². The van der Waals surface area contributed by atoms with E-state index in [4.69, 9.17) is 10.5 Å². The molecular weight excluding hydrogens is 264 g/mol. The third kappa shape index (κ3) is 3.20. The lowest BCUT2D eigenvalue weighted by Gasteiger charge is -2.32. The third-order valence-electron chi connectivity index (χ3n) is 3.97. The van der Waals surface area contributed by atoms with Gasteiger partial charge in [0, 0.05) is 30.8 Å². The molecule has 0 amide bonds. The Morgan fingerprint density at radius 3 is 2.52 bits per heavy atom. The van der Waals surface area contributed by atoms with Crippen molar-refractivity contribution in [2.75, 3.05) is 32.0 Å². The van der Waals surface area contributed by atoms with Crippen LogP contribution in [-0.4, -0.2) is 41.2 Å². The van der Waals surface area contributed by atoms with Gasteiger partial charge in [-0.1, -0.05) is 24.3 Å². The van der Waals surface area contributed by atoms with Crippen LogP contribution in [0.3, 0.4) is 0 Å². The van der Waals surface area contributed by atoms with Gasteiger partial charge in [-0.3, -0.25) is 4.90 Å². The maximum atomic E-state index is 5.70. The molecule has 0 radical (unpaired) electrons. The van der Waals surface area contributed by atoms with E-state index in [2.05, 4.69) is 46.1 Å². The Bertz CT molecular complexity index is 593. The third-order valence-corrected chi connectivity index (χ3v) is 3.97. The molecule has 2 N–H and O–H groups in total. The molecule has 1 atom stereocenters. The average molecular weight is 284 g/mol. The van der Waals surface area contributed by atoms with Gasteiger partial charge in [0.05, 0.1) is 18.9 Å². The highest BCUT2D eigenvalue weighted by Crippen LogP contribution is 2.24. The predicted octanol–water partition coefficient (Wildman–Crippen LogP) is 2.12. The average Bonchev–Trinajstić information content (AvgIpc) is 2.55. The summed E-state index contributed by atoms with van der Waals surface area (Å²) in [6.07, 6.45) is 1.49. The van der Waals surface area contributed by atoms with Crippen molar-refractivity contribution in [3.05, 3.63) is 42.2 Å². The predicted molar refractivity (Wildman–Crippen MR) is 82.7 cm³/mol. The van der Waals surface area contributed by atoms with E-state index in [9.17, 15) is 0 Å². The van der Waals surface area contributed by atoms with Crippen LogP contribution in [0.4, 0.5) is 5.82 Å². The Balaban J connectivity index is 1.77. The maximum Gasteiger partial charge on any atom is 0.127 e. The van der Waals surface area contributed by atoms with Crippen molar-refractivity contribution >= 4 is 5.82 Å². The number of ether oxygens (including phenoxy) is 1. The number of benzene rings is 1. The molecule has 0 aliphatic carbocycles. The second kappa shape index (κ2) is 6.20. The lowest BCUT2D eigenvalue weighted by atomic mass is 10.0. The molecule has 2 aromatic rings. The number of hydrogen-bond acceptors (Lipinski definition) is 5. The molecule has 21 heavy (non-hydrogen) atoms. The van der Waals surface area contributed by atoms with Gasteiger partial charge < -0.3 is 10.5 Å². The molecule has 1 saturated heterocycles. The fourth-order valence-electron chi connectivity index (χ4n) is 2.64. The van der Waals surface area contributed by atoms with Crippen molar-refractivity contribution in [2.24, 2.45) is 0 Å². The second-order valence-corrected chi connectivity index (χ2v) is 5.27. The van der Waals surface area contributed by atoms with Crippen LogP contribution in [0.1, 0.15) is 18.5 Å². The summed E-state index contributed by atoms with van der Waals surface area (Å²) in [6, 6.07) is 10.7. The van der Waals surface area contributed by atoms with Crippen molar-refractivity contribution < 1.29 is 4.74 Å². The molecule has 5 nitrogen and oxygen atoms in total. The highest BCUT2D eigenvalue weighted by Gasteiger charge is 2.18. The minimum atomic E-state index is 0.401. The first kappa shape index (κ1) is 14.0. The monoisotopic (exact) mass is 284 g/mol. The second-order valence-electron chi connectivity index (χ2n) is 5.27. The number of anilines is 1. The molecule has 0 saturated carbocycles. The van der Waals surface area contributed by atoms with Gasteiger partial charge in [-0.15, -0.1) is 0 Å². The smallest absolute Gasteiger partial charge is 0.127 e. The van der Waals surface area contributed by atoms with Gasteiger partial charge in [-0.2, -0.15) is 0 Å². The zero-order valence-electron chi connectivity index (χ0n) is 12.2. The summed E-state index contributed by atoms with van der Waals surface area (Å²) in [5.74, 6) is 0.491. The Morgan fingerprint density at radius 1 is 1.14 bits per heavy atom. The van der Waals surface area contributed by atoms with E-state index in [0.29, 0.717) is 11.9 Å². The number of nitrogen functional groups attached to an aromatic ring is 1. The summed E-state index contributed by atoms with van der Waals surface area (Å²) >= 11 is 0. The summed E-state index contributed by atoms with van der Waals surface area (Å²) in [4.78, 5) is 10.6. The van der Waals surface area contributed by atoms with E-state index in [1.54, 1.807) is 6.07 Å². The van der Waals surface area contributed by atoms with Crippen molar-refractivity contribution in [1.29, 1.82) is 0 Å². The number of aromatic nitrogens is 2. The van der Waals surface area contributed by atoms with Crippen LogP contribution in [0.5, 0.6) is 0 Å². The molecule has 0 spiro atoms. The van der Waals surface area contributed by atoms with Gasteiger partial charge >= 0.3 is 0 Å². The van der Waals surface area contributed by atoms with Crippen molar-refractivity contribution in [3.8, 4) is 11.3 Å². The van der Waals surface area contributed by atoms with Crippen molar-refractivity contribution in [3.63, 3.8) is 0 Å². The van der Waals surface area contributed by atoms with Crippen LogP contribution in [0.2, 0.25) is 0 Å². The topological polar surface area (TPSA) is 64.3 Å². The van der Waals surface area contributed by atoms with E-state index in [1.807, 2.05) is 0 Å². The fraction of sp³-hybridized carbons (Fsp3) is 0.375. The van der Waals surface area contributed by atoms with Gasteiger partial charge in [-0.25, -0.2) is 9.97 Å². The lowest BCUT2D eigenvalue weighted by molar-refractivity contribution is 0.0198. The number of rotatable bonds is 3. The highest BCUT2D eigenvalue weighted by molar-refractivity contribution is 5.61. The quantitative estimate of drug-likeness (QED) is 0.935. The van der Waals surface area contributed by atoms with Gasteiger partial charge in [0.1, 0.15) is 12.1 Å². The number of morpholine rings is 1. The SMILES string of the molecule is CC(c1ccc(-c2cc(N)ncn2)cc1)N1CCOCC1. The molecule has 2 heterocycles. The number of nitrogens with two attached hydrogens (primary N) is 1. The lowest BCUT2D eigenvalue weighted by Crippen LogP contribution is -2.37. The van der Waals surface area contributed by atoms with E-state index >= 15 is 0 Å². The first-order chi connectivity index (χ1) is 10.2. The fourth-order valence-corrected chi connectivity index (χ4v) is 2.64. The Kier molecular flexibility index (Phi) is 4.13. The normalized spacial score (nSPS) is 17.6. The van der Waals surface area contributed by atoms with E-state index < -0.39 is 0 Å². The minimum absolute atomic E-state index is 0.401. The van der Waals surface area contributed by atoms with Crippen LogP contribution >= 0.6 is 0 Å². The van der Waals surface area contributed by atoms with Gasteiger partial charge in [0.25, 0.3) is 0 Å². The minimum Gasteiger partial charge on any atom is -0.384 e. The zero-order valence-corrected chi connectivity index (χ0v) is 12.2. The van der Waals surface area contributed by atoms with E-state index in [1.165, 1.54) is 11.9 Å². The van der Waals surface area contributed by atoms with Crippen LogP contribution in [0.25, 0.3) is 11.3 Å². The Hall–Kier alpha value is -1.98. The largest absolute Gasteiger partial charge is 0.384 e. The zero-order chi connectivity index (χ0) is 14.7. The standard InChI is InChI=1S/C16H20N4O/c1-12(20-6-8-21-9-7-20)13-2-4-14(5-3-13)15-10-16(17)19-11-18-15/h2-5,10-12H,6-9H2,1H3,(H2,17,18,19). The summed E-state index contributed by atoms with van der Waals surface area (Å²) in [5.41, 5.74) is 8.92. The molecular formula is C16H20N4O. The Labute approximate surface area is 124 Å².